The van der Waals surface area contributed by atoms with Gasteiger partial charge in [-0.1, -0.05) is 29.8 Å². The average Bonchev–Trinajstić information content (AvgIpc) is 3.03. The Morgan fingerprint density at radius 3 is 2.48 bits per heavy atom. The van der Waals surface area contributed by atoms with Crippen molar-refractivity contribution in [3.8, 4) is 0 Å². The van der Waals surface area contributed by atoms with E-state index in [-0.39, 0.29) is 12.3 Å². The molecule has 1 aromatic heterocycles. The highest BCUT2D eigenvalue weighted by Gasteiger charge is 2.20. The fraction of sp³-hybridized carbons (Fsp3) is 0.273. The van der Waals surface area contributed by atoms with E-state index >= 15 is 0 Å². The molecule has 0 bridgehead atoms. The number of carbonyl (C=O) groups is 2. The highest BCUT2D eigenvalue weighted by Crippen LogP contribution is 2.27. The number of carbonyl (C=O) groups excluding carboxylic acids is 2. The van der Waals surface area contributed by atoms with Gasteiger partial charge in [0.1, 0.15) is 5.58 Å². The molecule has 3 aromatic rings. The molecule has 0 saturated carbocycles. The summed E-state index contributed by atoms with van der Waals surface area (Å²) in [6, 6.07) is 11.4. The summed E-state index contributed by atoms with van der Waals surface area (Å²) >= 11 is 0. The second-order valence-corrected chi connectivity index (χ2v) is 6.81. The largest absolute Gasteiger partial charge is 0.464 e. The number of benzene rings is 2. The number of hydrogen-bond acceptors (Lipinski definition) is 4. The van der Waals surface area contributed by atoms with Gasteiger partial charge >= 0.3 is 5.97 Å². The molecule has 5 heteroatoms. The molecule has 1 amide bonds. The van der Waals surface area contributed by atoms with Crippen molar-refractivity contribution >= 4 is 28.5 Å². The third kappa shape index (κ3) is 4.19. The van der Waals surface area contributed by atoms with Crippen molar-refractivity contribution in [2.24, 2.45) is 0 Å². The van der Waals surface area contributed by atoms with Gasteiger partial charge in [-0.05, 0) is 51.0 Å². The standard InChI is InChI=1S/C22H23NO4/c1-13-5-8-18(9-6-13)23-22(25)16(4)27-20(24)11-17-12-26-21-15(3)14(2)7-10-19(17)21/h5-10,12,16H,11H2,1-4H3,(H,23,25)/t16-/m0/s1. The molecule has 0 aliphatic carbocycles. The summed E-state index contributed by atoms with van der Waals surface area (Å²) in [5, 5.41) is 3.64. The van der Waals surface area contributed by atoms with Gasteiger partial charge in [0.25, 0.3) is 5.91 Å². The SMILES string of the molecule is Cc1ccc(NC(=O)[C@H](C)OC(=O)Cc2coc3c(C)c(C)ccc23)cc1. The Morgan fingerprint density at radius 2 is 1.78 bits per heavy atom. The maximum Gasteiger partial charge on any atom is 0.311 e. The van der Waals surface area contributed by atoms with E-state index in [1.165, 1.54) is 0 Å². The zero-order valence-corrected chi connectivity index (χ0v) is 16.0. The van der Waals surface area contributed by atoms with Gasteiger partial charge in [-0.15, -0.1) is 0 Å². The monoisotopic (exact) mass is 365 g/mol. The third-order valence-electron chi connectivity index (χ3n) is 4.67. The molecule has 0 radical (unpaired) electrons. The summed E-state index contributed by atoms with van der Waals surface area (Å²) in [6.45, 7) is 7.53. The summed E-state index contributed by atoms with van der Waals surface area (Å²) in [4.78, 5) is 24.5. The van der Waals surface area contributed by atoms with Gasteiger partial charge < -0.3 is 14.5 Å². The van der Waals surface area contributed by atoms with Crippen LogP contribution in [-0.2, 0) is 20.7 Å². The predicted octanol–water partition coefficient (Wildman–Crippen LogP) is 4.47. The van der Waals surface area contributed by atoms with Crippen molar-refractivity contribution in [3.63, 3.8) is 0 Å². The van der Waals surface area contributed by atoms with Gasteiger partial charge in [0.15, 0.2) is 6.10 Å². The normalized spacial score (nSPS) is 12.0. The topological polar surface area (TPSA) is 68.5 Å². The maximum atomic E-state index is 12.3. The number of furan rings is 1. The molecular weight excluding hydrogens is 342 g/mol. The van der Waals surface area contributed by atoms with E-state index in [1.54, 1.807) is 13.2 Å². The number of amides is 1. The lowest BCUT2D eigenvalue weighted by Gasteiger charge is -2.13. The molecule has 0 saturated heterocycles. The number of hydrogen-bond donors (Lipinski definition) is 1. The smallest absolute Gasteiger partial charge is 0.311 e. The summed E-state index contributed by atoms with van der Waals surface area (Å²) in [6.07, 6.45) is 0.744. The third-order valence-corrected chi connectivity index (χ3v) is 4.67. The Hall–Kier alpha value is -3.08. The molecule has 27 heavy (non-hydrogen) atoms. The van der Waals surface area contributed by atoms with Gasteiger partial charge in [0, 0.05) is 16.6 Å². The van der Waals surface area contributed by atoms with E-state index in [0.29, 0.717) is 5.69 Å². The molecule has 0 fully saturated rings. The molecule has 140 valence electrons. The fourth-order valence-corrected chi connectivity index (χ4v) is 2.85. The highest BCUT2D eigenvalue weighted by molar-refractivity contribution is 5.95. The summed E-state index contributed by atoms with van der Waals surface area (Å²) in [5.41, 5.74) is 5.49. The quantitative estimate of drug-likeness (QED) is 0.677. The van der Waals surface area contributed by atoms with Crippen LogP contribution in [0.3, 0.4) is 0 Å². The number of rotatable bonds is 5. The van der Waals surface area contributed by atoms with Crippen molar-refractivity contribution in [3.05, 3.63) is 64.9 Å². The Balaban J connectivity index is 1.62. The minimum absolute atomic E-state index is 0.0532. The van der Waals surface area contributed by atoms with Crippen molar-refractivity contribution in [1.82, 2.24) is 0 Å². The summed E-state index contributed by atoms with van der Waals surface area (Å²) in [7, 11) is 0. The number of anilines is 1. The van der Waals surface area contributed by atoms with E-state index in [9.17, 15) is 9.59 Å². The van der Waals surface area contributed by atoms with Gasteiger partial charge in [-0.25, -0.2) is 0 Å². The Kier molecular flexibility index (Phi) is 5.31. The fourth-order valence-electron chi connectivity index (χ4n) is 2.85. The maximum absolute atomic E-state index is 12.3. The van der Waals surface area contributed by atoms with E-state index in [0.717, 1.165) is 33.2 Å². The first-order valence-corrected chi connectivity index (χ1v) is 8.88. The van der Waals surface area contributed by atoms with Crippen LogP contribution in [0, 0.1) is 20.8 Å². The van der Waals surface area contributed by atoms with Crippen LogP contribution in [0.5, 0.6) is 0 Å². The first-order chi connectivity index (χ1) is 12.8. The van der Waals surface area contributed by atoms with E-state index in [1.807, 2.05) is 57.2 Å². The second kappa shape index (κ2) is 7.66. The number of fused-ring (bicyclic) bond motifs is 1. The molecule has 3 rings (SSSR count). The van der Waals surface area contributed by atoms with Crippen molar-refractivity contribution in [2.45, 2.75) is 40.2 Å². The van der Waals surface area contributed by atoms with Crippen LogP contribution in [0.4, 0.5) is 5.69 Å². The second-order valence-electron chi connectivity index (χ2n) is 6.81. The van der Waals surface area contributed by atoms with Gasteiger partial charge in [0.2, 0.25) is 0 Å². The van der Waals surface area contributed by atoms with Crippen LogP contribution in [0.2, 0.25) is 0 Å². The number of aryl methyl sites for hydroxylation is 3. The van der Waals surface area contributed by atoms with Gasteiger partial charge in [-0.3, -0.25) is 9.59 Å². The number of esters is 1. The minimum atomic E-state index is -0.888. The average molecular weight is 365 g/mol. The van der Waals surface area contributed by atoms with E-state index < -0.39 is 12.1 Å². The van der Waals surface area contributed by atoms with Crippen molar-refractivity contribution < 1.29 is 18.7 Å². The van der Waals surface area contributed by atoms with Gasteiger partial charge in [0.05, 0.1) is 12.7 Å². The van der Waals surface area contributed by atoms with Crippen LogP contribution >= 0.6 is 0 Å². The first-order valence-electron chi connectivity index (χ1n) is 8.88. The molecule has 2 aromatic carbocycles. The highest BCUT2D eigenvalue weighted by atomic mass is 16.5. The molecule has 0 aliphatic rings. The molecule has 5 nitrogen and oxygen atoms in total. The molecule has 0 aliphatic heterocycles. The van der Waals surface area contributed by atoms with Crippen molar-refractivity contribution in [1.29, 1.82) is 0 Å². The summed E-state index contributed by atoms with van der Waals surface area (Å²) in [5.74, 6) is -0.835. The number of ether oxygens (including phenoxy) is 1. The van der Waals surface area contributed by atoms with Gasteiger partial charge in [-0.2, -0.15) is 0 Å². The van der Waals surface area contributed by atoms with Crippen LogP contribution in [0.25, 0.3) is 11.0 Å². The molecular formula is C22H23NO4. The van der Waals surface area contributed by atoms with Crippen LogP contribution in [0.1, 0.15) is 29.2 Å². The van der Waals surface area contributed by atoms with Crippen LogP contribution in [0.15, 0.2) is 47.1 Å². The lowest BCUT2D eigenvalue weighted by atomic mass is 10.0. The van der Waals surface area contributed by atoms with E-state index in [2.05, 4.69) is 5.32 Å². The van der Waals surface area contributed by atoms with Crippen molar-refractivity contribution in [2.75, 3.05) is 5.32 Å². The molecule has 1 heterocycles. The zero-order valence-electron chi connectivity index (χ0n) is 16.0. The Bertz CT molecular complexity index is 985. The minimum Gasteiger partial charge on any atom is -0.464 e. The van der Waals surface area contributed by atoms with Crippen LogP contribution < -0.4 is 5.32 Å². The Morgan fingerprint density at radius 1 is 1.07 bits per heavy atom. The first kappa shape index (κ1) is 18.7. The molecule has 0 unspecified atom stereocenters. The molecule has 1 N–H and O–H groups in total. The lowest BCUT2D eigenvalue weighted by molar-refractivity contribution is -0.152. The Labute approximate surface area is 158 Å². The van der Waals surface area contributed by atoms with E-state index in [4.69, 9.17) is 9.15 Å². The summed E-state index contributed by atoms with van der Waals surface area (Å²) < 4.78 is 10.9. The molecule has 1 atom stereocenters. The number of nitrogens with one attached hydrogen (secondary N) is 1. The molecule has 0 spiro atoms. The predicted molar refractivity (Wildman–Crippen MR) is 105 cm³/mol. The lowest BCUT2D eigenvalue weighted by Crippen LogP contribution is -2.30. The zero-order chi connectivity index (χ0) is 19.6. The van der Waals surface area contributed by atoms with Crippen LogP contribution in [-0.4, -0.2) is 18.0 Å².